The quantitative estimate of drug-likeness (QED) is 0.592. The molecule has 0 radical (unpaired) electrons. The Bertz CT molecular complexity index is 55.0. The Kier molecular flexibility index (Phi) is 13.3. The van der Waals surface area contributed by atoms with E-state index in [1.807, 2.05) is 0 Å². The van der Waals surface area contributed by atoms with Gasteiger partial charge in [-0.2, -0.15) is 0 Å². The van der Waals surface area contributed by atoms with Crippen LogP contribution in [0.25, 0.3) is 0 Å². The molecule has 0 aromatic heterocycles. The van der Waals surface area contributed by atoms with Crippen LogP contribution in [-0.2, 0) is 0 Å². The summed E-state index contributed by atoms with van der Waals surface area (Å²) < 4.78 is 0. The predicted molar refractivity (Wildman–Crippen MR) is 54.1 cm³/mol. The molecule has 0 aromatic carbocycles. The van der Waals surface area contributed by atoms with E-state index in [1.165, 1.54) is 24.6 Å². The summed E-state index contributed by atoms with van der Waals surface area (Å²) in [4.78, 5) is 0. The first-order valence-corrected chi connectivity index (χ1v) is 6.62. The Balaban J connectivity index is -0.000000320. The molecule has 0 fully saturated rings. The average Bonchev–Trinajstić information content (AvgIpc) is 1.95. The standard InChI is InChI=1S/C8H20P.2FH/c1-5-9(6-2,7-3)8-4;;/h5-8H2,1-4H3;2*1H/q+1;;. The maximum absolute atomic E-state index is 2.35. The van der Waals surface area contributed by atoms with E-state index >= 15 is 0 Å². The van der Waals surface area contributed by atoms with Gasteiger partial charge in [-0.3, -0.25) is 9.41 Å². The third kappa shape index (κ3) is 4.68. The average molecular weight is 187 g/mol. The van der Waals surface area contributed by atoms with Crippen LogP contribution in [-0.4, -0.2) is 24.6 Å². The van der Waals surface area contributed by atoms with Gasteiger partial charge in [0.1, 0.15) is 0 Å². The van der Waals surface area contributed by atoms with Crippen molar-refractivity contribution in [3.63, 3.8) is 0 Å². The summed E-state index contributed by atoms with van der Waals surface area (Å²) in [5, 5.41) is 0. The highest BCUT2D eigenvalue weighted by Crippen LogP contribution is 2.57. The zero-order valence-corrected chi connectivity index (χ0v) is 8.99. The van der Waals surface area contributed by atoms with Gasteiger partial charge >= 0.3 is 0 Å². The molecule has 0 saturated carbocycles. The molecular formula is C8H22F2P+. The largest absolute Gasteiger partial charge is 0.269 e. The SMILES string of the molecule is CC[P+](CC)(CC)CC.F.F. The molecule has 11 heavy (non-hydrogen) atoms. The summed E-state index contributed by atoms with van der Waals surface area (Å²) in [5.74, 6) is 0. The fourth-order valence-electron chi connectivity index (χ4n) is 1.34. The van der Waals surface area contributed by atoms with E-state index in [1.54, 1.807) is 0 Å². The van der Waals surface area contributed by atoms with Crippen molar-refractivity contribution in [1.29, 1.82) is 0 Å². The summed E-state index contributed by atoms with van der Waals surface area (Å²) in [7, 11) is -0.420. The molecule has 0 atom stereocenters. The Morgan fingerprint density at radius 3 is 0.818 bits per heavy atom. The lowest BCUT2D eigenvalue weighted by Crippen LogP contribution is -2.04. The van der Waals surface area contributed by atoms with Crippen LogP contribution in [0.3, 0.4) is 0 Å². The van der Waals surface area contributed by atoms with E-state index in [-0.39, 0.29) is 9.41 Å². The van der Waals surface area contributed by atoms with E-state index < -0.39 is 7.26 Å². The van der Waals surface area contributed by atoms with Crippen LogP contribution >= 0.6 is 7.26 Å². The van der Waals surface area contributed by atoms with Gasteiger partial charge < -0.3 is 0 Å². The fourth-order valence-corrected chi connectivity index (χ4v) is 4.02. The maximum Gasteiger partial charge on any atom is 0.0565 e. The Morgan fingerprint density at radius 2 is 0.818 bits per heavy atom. The van der Waals surface area contributed by atoms with Crippen LogP contribution in [0.15, 0.2) is 0 Å². The van der Waals surface area contributed by atoms with Gasteiger partial charge in [0, 0.05) is 7.26 Å². The molecule has 0 heterocycles. The van der Waals surface area contributed by atoms with Crippen LogP contribution in [0.1, 0.15) is 27.7 Å². The van der Waals surface area contributed by atoms with E-state index in [0.29, 0.717) is 0 Å². The van der Waals surface area contributed by atoms with Gasteiger partial charge in [0.25, 0.3) is 0 Å². The topological polar surface area (TPSA) is 0 Å². The molecule has 0 bridgehead atoms. The lowest BCUT2D eigenvalue weighted by atomic mass is 10.9. The third-order valence-corrected chi connectivity index (χ3v) is 8.05. The van der Waals surface area contributed by atoms with Crippen molar-refractivity contribution >= 4 is 7.26 Å². The molecule has 0 aromatic rings. The molecule has 3 heteroatoms. The number of halogens is 2. The maximum atomic E-state index is 2.35. The second-order valence-electron chi connectivity index (χ2n) is 2.61. The predicted octanol–water partition coefficient (Wildman–Crippen LogP) is 3.39. The molecular weight excluding hydrogens is 165 g/mol. The molecule has 0 aliphatic rings. The molecule has 0 saturated heterocycles. The van der Waals surface area contributed by atoms with Gasteiger partial charge in [-0.1, -0.05) is 0 Å². The van der Waals surface area contributed by atoms with Crippen molar-refractivity contribution in [2.24, 2.45) is 0 Å². The lowest BCUT2D eigenvalue weighted by molar-refractivity contribution is 1.11. The number of hydrogen-bond acceptors (Lipinski definition) is 0. The van der Waals surface area contributed by atoms with Crippen molar-refractivity contribution in [3.8, 4) is 0 Å². The fraction of sp³-hybridized carbons (Fsp3) is 1.00. The highest BCUT2D eigenvalue weighted by atomic mass is 31.2. The van der Waals surface area contributed by atoms with Gasteiger partial charge in [0.05, 0.1) is 24.6 Å². The smallest absolute Gasteiger partial charge is 0.0565 e. The van der Waals surface area contributed by atoms with E-state index in [0.717, 1.165) is 0 Å². The van der Waals surface area contributed by atoms with Crippen LogP contribution in [0, 0.1) is 0 Å². The number of hydrogen-bond donors (Lipinski definition) is 0. The van der Waals surface area contributed by atoms with Crippen molar-refractivity contribution in [3.05, 3.63) is 0 Å². The third-order valence-electron chi connectivity index (χ3n) is 2.68. The van der Waals surface area contributed by atoms with Crippen LogP contribution in [0.2, 0.25) is 0 Å². The van der Waals surface area contributed by atoms with E-state index in [2.05, 4.69) is 27.7 Å². The van der Waals surface area contributed by atoms with Crippen LogP contribution in [0.4, 0.5) is 9.41 Å². The lowest BCUT2D eigenvalue weighted by Gasteiger charge is -2.20. The van der Waals surface area contributed by atoms with Gasteiger partial charge in [-0.15, -0.1) is 0 Å². The first-order valence-electron chi connectivity index (χ1n) is 4.09. The Labute approximate surface area is 69.8 Å². The highest BCUT2D eigenvalue weighted by Gasteiger charge is 2.27. The van der Waals surface area contributed by atoms with Gasteiger partial charge in [0.15, 0.2) is 0 Å². The second-order valence-corrected chi connectivity index (χ2v) is 7.82. The minimum Gasteiger partial charge on any atom is -0.269 e. The minimum atomic E-state index is -0.420. The Morgan fingerprint density at radius 1 is 0.636 bits per heavy atom. The zero-order chi connectivity index (χ0) is 7.33. The molecule has 0 amide bonds. The summed E-state index contributed by atoms with van der Waals surface area (Å²) >= 11 is 0. The zero-order valence-electron chi connectivity index (χ0n) is 8.09. The molecule has 0 nitrogen and oxygen atoms in total. The normalized spacial score (nSPS) is 9.82. The molecule has 0 unspecified atom stereocenters. The van der Waals surface area contributed by atoms with Gasteiger partial charge in [-0.25, -0.2) is 0 Å². The minimum absolute atomic E-state index is 0. The van der Waals surface area contributed by atoms with Gasteiger partial charge in [0.2, 0.25) is 0 Å². The second kappa shape index (κ2) is 8.39. The molecule has 0 aliphatic carbocycles. The summed E-state index contributed by atoms with van der Waals surface area (Å²) in [6.07, 6.45) is 5.82. The highest BCUT2D eigenvalue weighted by molar-refractivity contribution is 7.75. The summed E-state index contributed by atoms with van der Waals surface area (Å²) in [6.45, 7) is 9.41. The van der Waals surface area contributed by atoms with Crippen molar-refractivity contribution < 1.29 is 9.41 Å². The summed E-state index contributed by atoms with van der Waals surface area (Å²) in [5.41, 5.74) is 0. The molecule has 0 spiro atoms. The van der Waals surface area contributed by atoms with Crippen LogP contribution in [0.5, 0.6) is 0 Å². The monoisotopic (exact) mass is 187 g/mol. The molecule has 72 valence electrons. The molecule has 0 aliphatic heterocycles. The van der Waals surface area contributed by atoms with E-state index in [4.69, 9.17) is 0 Å². The number of rotatable bonds is 4. The first kappa shape index (κ1) is 17.4. The van der Waals surface area contributed by atoms with E-state index in [9.17, 15) is 0 Å². The molecule has 0 N–H and O–H groups in total. The molecule has 0 rings (SSSR count). The first-order chi connectivity index (χ1) is 4.24. The van der Waals surface area contributed by atoms with Crippen LogP contribution < -0.4 is 0 Å². The van der Waals surface area contributed by atoms with Crippen molar-refractivity contribution in [1.82, 2.24) is 0 Å². The summed E-state index contributed by atoms with van der Waals surface area (Å²) in [6, 6.07) is 0. The van der Waals surface area contributed by atoms with Crippen molar-refractivity contribution in [2.45, 2.75) is 27.7 Å². The van der Waals surface area contributed by atoms with Gasteiger partial charge in [-0.05, 0) is 27.7 Å². The van der Waals surface area contributed by atoms with Crippen molar-refractivity contribution in [2.75, 3.05) is 24.6 Å². The Hall–Kier alpha value is 0.290.